The van der Waals surface area contributed by atoms with E-state index in [1.165, 1.54) is 22.8 Å². The highest BCUT2D eigenvalue weighted by Gasteiger charge is 2.23. The molecule has 0 bridgehead atoms. The molecular formula is C13H8N2O5. The lowest BCUT2D eigenvalue weighted by molar-refractivity contribution is 0.0691. The van der Waals surface area contributed by atoms with Gasteiger partial charge in [0.15, 0.2) is 17.3 Å². The molecule has 0 aliphatic rings. The van der Waals surface area contributed by atoms with Crippen molar-refractivity contribution in [1.29, 1.82) is 0 Å². The summed E-state index contributed by atoms with van der Waals surface area (Å²) in [4.78, 5) is 26.5. The van der Waals surface area contributed by atoms with Gasteiger partial charge in [-0.1, -0.05) is 0 Å². The van der Waals surface area contributed by atoms with Gasteiger partial charge in [-0.3, -0.25) is 4.40 Å². The predicted molar refractivity (Wildman–Crippen MR) is 66.8 cm³/mol. The van der Waals surface area contributed by atoms with Crippen molar-refractivity contribution in [2.24, 2.45) is 0 Å². The van der Waals surface area contributed by atoms with Gasteiger partial charge in [-0.2, -0.15) is 0 Å². The van der Waals surface area contributed by atoms with E-state index in [4.69, 9.17) is 4.42 Å². The third-order valence-electron chi connectivity index (χ3n) is 2.84. The van der Waals surface area contributed by atoms with Gasteiger partial charge in [0.2, 0.25) is 0 Å². The van der Waals surface area contributed by atoms with Crippen molar-refractivity contribution >= 4 is 17.5 Å². The van der Waals surface area contributed by atoms with E-state index in [-0.39, 0.29) is 22.6 Å². The molecule has 0 unspecified atom stereocenters. The average molecular weight is 272 g/mol. The number of aromatic carboxylic acids is 2. The maximum absolute atomic E-state index is 11.3. The molecule has 0 saturated heterocycles. The van der Waals surface area contributed by atoms with Crippen LogP contribution in [-0.2, 0) is 0 Å². The van der Waals surface area contributed by atoms with Gasteiger partial charge >= 0.3 is 11.9 Å². The van der Waals surface area contributed by atoms with E-state index in [1.807, 2.05) is 0 Å². The summed E-state index contributed by atoms with van der Waals surface area (Å²) >= 11 is 0. The fourth-order valence-corrected chi connectivity index (χ4v) is 2.04. The Bertz CT molecular complexity index is 817. The van der Waals surface area contributed by atoms with E-state index in [9.17, 15) is 19.8 Å². The molecule has 7 heteroatoms. The number of carboxylic acids is 2. The summed E-state index contributed by atoms with van der Waals surface area (Å²) in [5.41, 5.74) is -0.427. The van der Waals surface area contributed by atoms with E-state index >= 15 is 0 Å². The highest BCUT2D eigenvalue weighted by Crippen LogP contribution is 2.25. The predicted octanol–water partition coefficient (Wildman–Crippen LogP) is 1.99. The summed E-state index contributed by atoms with van der Waals surface area (Å²) in [6, 6.07) is 6.10. The van der Waals surface area contributed by atoms with Gasteiger partial charge in [0.05, 0.1) is 17.3 Å². The molecule has 0 aliphatic carbocycles. The summed E-state index contributed by atoms with van der Waals surface area (Å²) in [5, 5.41) is 18.4. The number of imidazole rings is 1. The molecule has 3 aromatic rings. The topological polar surface area (TPSA) is 105 Å². The molecule has 0 fully saturated rings. The van der Waals surface area contributed by atoms with Crippen LogP contribution in [0.5, 0.6) is 0 Å². The number of pyridine rings is 1. The van der Waals surface area contributed by atoms with E-state index in [2.05, 4.69) is 4.98 Å². The van der Waals surface area contributed by atoms with Crippen LogP contribution in [0.2, 0.25) is 0 Å². The van der Waals surface area contributed by atoms with Crippen molar-refractivity contribution in [3.8, 4) is 11.6 Å². The van der Waals surface area contributed by atoms with Gasteiger partial charge in [0.1, 0.15) is 0 Å². The Morgan fingerprint density at radius 3 is 2.55 bits per heavy atom. The number of aromatic nitrogens is 2. The van der Waals surface area contributed by atoms with E-state index in [0.29, 0.717) is 5.76 Å². The minimum Gasteiger partial charge on any atom is -0.478 e. The quantitative estimate of drug-likeness (QED) is 0.755. The van der Waals surface area contributed by atoms with Gasteiger partial charge in [-0.25, -0.2) is 14.6 Å². The molecule has 0 saturated carbocycles. The molecule has 0 aromatic carbocycles. The minimum atomic E-state index is -1.30. The first-order valence-electron chi connectivity index (χ1n) is 5.61. The van der Waals surface area contributed by atoms with Crippen molar-refractivity contribution in [2.45, 2.75) is 0 Å². The van der Waals surface area contributed by atoms with Crippen molar-refractivity contribution in [3.63, 3.8) is 0 Å². The zero-order valence-corrected chi connectivity index (χ0v) is 9.98. The smallest absolute Gasteiger partial charge is 0.356 e. The van der Waals surface area contributed by atoms with Gasteiger partial charge in [-0.05, 0) is 24.3 Å². The van der Waals surface area contributed by atoms with Gasteiger partial charge in [-0.15, -0.1) is 0 Å². The second-order valence-electron chi connectivity index (χ2n) is 4.01. The lowest BCUT2D eigenvalue weighted by Crippen LogP contribution is -2.04. The Labute approximate surface area is 111 Å². The molecule has 7 nitrogen and oxygen atoms in total. The molecule has 3 heterocycles. The molecule has 100 valence electrons. The minimum absolute atomic E-state index is 0.0268. The zero-order chi connectivity index (χ0) is 14.3. The molecule has 3 aromatic heterocycles. The second-order valence-corrected chi connectivity index (χ2v) is 4.01. The zero-order valence-electron chi connectivity index (χ0n) is 9.98. The largest absolute Gasteiger partial charge is 0.478 e. The molecule has 0 amide bonds. The van der Waals surface area contributed by atoms with Gasteiger partial charge in [0.25, 0.3) is 0 Å². The molecular weight excluding hydrogens is 264 g/mol. The Hall–Kier alpha value is -3.09. The van der Waals surface area contributed by atoms with Gasteiger partial charge < -0.3 is 14.6 Å². The van der Waals surface area contributed by atoms with Crippen molar-refractivity contribution in [1.82, 2.24) is 9.38 Å². The molecule has 3 rings (SSSR count). The molecule has 0 aliphatic heterocycles. The van der Waals surface area contributed by atoms with Crippen LogP contribution < -0.4 is 0 Å². The summed E-state index contributed by atoms with van der Waals surface area (Å²) < 4.78 is 6.59. The SMILES string of the molecule is O=C(O)c1cccn2c(-c3ccco3)nc(C(=O)O)c12. The van der Waals surface area contributed by atoms with Crippen LogP contribution in [-0.4, -0.2) is 31.5 Å². The highest BCUT2D eigenvalue weighted by atomic mass is 16.4. The number of fused-ring (bicyclic) bond motifs is 1. The summed E-state index contributed by atoms with van der Waals surface area (Å²) in [6.45, 7) is 0. The summed E-state index contributed by atoms with van der Waals surface area (Å²) in [5.74, 6) is -1.92. The molecule has 2 N–H and O–H groups in total. The summed E-state index contributed by atoms with van der Waals surface area (Å²) in [7, 11) is 0. The number of hydrogen-bond donors (Lipinski definition) is 2. The number of carbonyl (C=O) groups is 2. The first-order valence-corrected chi connectivity index (χ1v) is 5.61. The van der Waals surface area contributed by atoms with Crippen LogP contribution in [0.1, 0.15) is 20.8 Å². The van der Waals surface area contributed by atoms with E-state index < -0.39 is 11.9 Å². The molecule has 0 atom stereocenters. The maximum atomic E-state index is 11.3. The van der Waals surface area contributed by atoms with Crippen LogP contribution in [0.3, 0.4) is 0 Å². The number of carboxylic acid groups (broad SMARTS) is 2. The number of hydrogen-bond acceptors (Lipinski definition) is 4. The lowest BCUT2D eigenvalue weighted by Gasteiger charge is -2.01. The Balaban J connectivity index is 2.43. The second kappa shape index (κ2) is 4.23. The van der Waals surface area contributed by atoms with Crippen molar-refractivity contribution in [2.75, 3.05) is 0 Å². The Morgan fingerprint density at radius 1 is 1.15 bits per heavy atom. The number of rotatable bonds is 3. The number of furan rings is 1. The molecule has 20 heavy (non-hydrogen) atoms. The molecule has 0 radical (unpaired) electrons. The fourth-order valence-electron chi connectivity index (χ4n) is 2.04. The molecule has 0 spiro atoms. The Kier molecular flexibility index (Phi) is 2.53. The van der Waals surface area contributed by atoms with Crippen LogP contribution >= 0.6 is 0 Å². The summed E-state index contributed by atoms with van der Waals surface area (Å²) in [6.07, 6.45) is 2.97. The standard InChI is InChI=1S/C13H8N2O5/c16-12(17)7-3-1-5-15-10(7)9(13(18)19)14-11(15)8-4-2-6-20-8/h1-6H,(H,16,17)(H,18,19). The van der Waals surface area contributed by atoms with Crippen LogP contribution in [0, 0.1) is 0 Å². The van der Waals surface area contributed by atoms with Crippen molar-refractivity contribution < 1.29 is 24.2 Å². The maximum Gasteiger partial charge on any atom is 0.356 e. The van der Waals surface area contributed by atoms with Crippen LogP contribution in [0.25, 0.3) is 17.1 Å². The fraction of sp³-hybridized carbons (Fsp3) is 0. The van der Waals surface area contributed by atoms with E-state index in [1.54, 1.807) is 18.3 Å². The van der Waals surface area contributed by atoms with Crippen molar-refractivity contribution in [3.05, 3.63) is 48.0 Å². The Morgan fingerprint density at radius 2 is 1.95 bits per heavy atom. The third-order valence-corrected chi connectivity index (χ3v) is 2.84. The first kappa shape index (κ1) is 12.0. The average Bonchev–Trinajstić information content (AvgIpc) is 3.04. The monoisotopic (exact) mass is 272 g/mol. The lowest BCUT2D eigenvalue weighted by atomic mass is 10.2. The van der Waals surface area contributed by atoms with E-state index in [0.717, 1.165) is 0 Å². The highest BCUT2D eigenvalue weighted by molar-refractivity contribution is 6.04. The number of nitrogens with zero attached hydrogens (tertiary/aromatic N) is 2. The van der Waals surface area contributed by atoms with Crippen LogP contribution in [0.4, 0.5) is 0 Å². The van der Waals surface area contributed by atoms with Crippen LogP contribution in [0.15, 0.2) is 41.1 Å². The van der Waals surface area contributed by atoms with Gasteiger partial charge in [0, 0.05) is 6.20 Å². The third kappa shape index (κ3) is 1.64. The first-order chi connectivity index (χ1) is 9.59. The normalized spacial score (nSPS) is 10.8.